The van der Waals surface area contributed by atoms with Crippen LogP contribution < -0.4 is 10.4 Å². The average molecular weight is 1050 g/mol. The van der Waals surface area contributed by atoms with E-state index in [1.807, 2.05) is 0 Å². The summed E-state index contributed by atoms with van der Waals surface area (Å²) in [7, 11) is 15.9. The molecular weight excluding hydrogens is 967 g/mol. The van der Waals surface area contributed by atoms with Crippen molar-refractivity contribution in [2.75, 3.05) is 0 Å². The zero-order valence-electron chi connectivity index (χ0n) is 43.0. The number of rotatable bonds is 11. The number of benzene rings is 4. The van der Waals surface area contributed by atoms with Crippen LogP contribution in [-0.4, -0.2) is 22.1 Å². The Kier molecular flexibility index (Phi) is 15.4. The van der Waals surface area contributed by atoms with Crippen LogP contribution in [0.4, 0.5) is 0 Å². The van der Waals surface area contributed by atoms with E-state index in [0.717, 1.165) is 12.8 Å². The SMILES string of the molecule is C[SiH](C)[Zr]([Cl])([Cl])([CH]1C(CC2(C)CCCCCCCC2)=Cc2c(-c3ccc([Si](C)(C)C)cc3)cccc21)[CH]1C(CC2(C)CCCCCCCC2)=Cc2c(-c3ccc([Si](C)(C)C)cc3)cccc21. The third-order valence-corrected chi connectivity index (χ3v) is 73.5. The van der Waals surface area contributed by atoms with Gasteiger partial charge in [0.25, 0.3) is 0 Å². The maximum atomic E-state index is 9.39. The molecule has 4 aromatic rings. The Bertz CT molecular complexity index is 2230. The fourth-order valence-electron chi connectivity index (χ4n) is 13.4. The van der Waals surface area contributed by atoms with Gasteiger partial charge in [0.05, 0.1) is 0 Å². The van der Waals surface area contributed by atoms with Crippen LogP contribution in [-0.2, 0) is 15.6 Å². The molecule has 0 spiro atoms. The summed E-state index contributed by atoms with van der Waals surface area (Å²) in [5, 5.41) is 3.03. The molecule has 0 heterocycles. The molecule has 4 aromatic carbocycles. The molecule has 0 bridgehead atoms. The van der Waals surface area contributed by atoms with E-state index in [1.54, 1.807) is 11.1 Å². The summed E-state index contributed by atoms with van der Waals surface area (Å²) >= 11 is -5.17. The maximum absolute atomic E-state index is 9.39. The predicted octanol–water partition coefficient (Wildman–Crippen LogP) is 18.7. The first-order valence-electron chi connectivity index (χ1n) is 26.7. The summed E-state index contributed by atoms with van der Waals surface area (Å²) in [5.74, 6) is -1.78. The number of hydrogen-bond donors (Lipinski definition) is 0. The van der Waals surface area contributed by atoms with Crippen LogP contribution in [0.1, 0.15) is 159 Å². The fraction of sp³-hybridized carbons (Fsp3) is 0.533. The average Bonchev–Trinajstić information content (AvgIpc) is 3.88. The van der Waals surface area contributed by atoms with Crippen LogP contribution in [0, 0.1) is 10.8 Å². The van der Waals surface area contributed by atoms with E-state index in [4.69, 9.17) is 0 Å². The van der Waals surface area contributed by atoms with Gasteiger partial charge in [0.1, 0.15) is 0 Å². The molecule has 0 N–H and O–H groups in total. The summed E-state index contributed by atoms with van der Waals surface area (Å²) in [6.45, 7) is 25.2. The molecular formula is C60H85Cl2Si3Zr. The van der Waals surface area contributed by atoms with Gasteiger partial charge in [0.2, 0.25) is 0 Å². The fourth-order valence-corrected chi connectivity index (χ4v) is 47.0. The third kappa shape index (κ3) is 10.4. The summed E-state index contributed by atoms with van der Waals surface area (Å²) < 4.78 is 0.184. The van der Waals surface area contributed by atoms with Crippen LogP contribution in [0.15, 0.2) is 96.1 Å². The Morgan fingerprint density at radius 1 is 0.485 bits per heavy atom. The van der Waals surface area contributed by atoms with E-state index in [2.05, 4.69) is 163 Å². The minimum atomic E-state index is -5.17. The van der Waals surface area contributed by atoms with E-state index >= 15 is 0 Å². The van der Waals surface area contributed by atoms with Crippen LogP contribution in [0.5, 0.6) is 0 Å². The van der Waals surface area contributed by atoms with Gasteiger partial charge in [-0.05, 0) is 0 Å². The van der Waals surface area contributed by atoms with E-state index in [0.29, 0.717) is 0 Å². The predicted molar refractivity (Wildman–Crippen MR) is 301 cm³/mol. The van der Waals surface area contributed by atoms with Gasteiger partial charge >= 0.3 is 418 Å². The summed E-state index contributed by atoms with van der Waals surface area (Å²) in [6.07, 6.45) is 29.0. The van der Waals surface area contributed by atoms with Crippen molar-refractivity contribution in [2.24, 2.45) is 10.8 Å². The van der Waals surface area contributed by atoms with Crippen molar-refractivity contribution in [3.05, 3.63) is 118 Å². The second-order valence-corrected chi connectivity index (χ2v) is 77.8. The quantitative estimate of drug-likeness (QED) is 0.131. The molecule has 355 valence electrons. The van der Waals surface area contributed by atoms with Crippen LogP contribution in [0.3, 0.4) is 0 Å². The molecule has 2 saturated carbocycles. The van der Waals surface area contributed by atoms with Crippen molar-refractivity contribution in [1.29, 1.82) is 0 Å². The standard InChI is InChI=1S/2C29H39Si.C2H7Si.2ClH.Zr/c2*1-29(18-9-7-5-6-8-10-19-29)22-23-20-25-12-11-13-27(28(25)21-23)24-14-16-26(17-15-24)30(2,3)4;1-3-2;;;/h2*11-17,20-21H,5-10,18-19,22H2,1-4H3;3H,1-2H3;2*1H;/q;;;;;+2/p-2. The second-order valence-electron chi connectivity index (χ2n) is 25.2. The van der Waals surface area contributed by atoms with Gasteiger partial charge in [-0.3, -0.25) is 0 Å². The number of halogens is 2. The normalized spacial score (nSPS) is 22.3. The number of allylic oxidation sites excluding steroid dienone is 2. The Labute approximate surface area is 414 Å². The van der Waals surface area contributed by atoms with Crippen molar-refractivity contribution < 1.29 is 15.6 Å². The van der Waals surface area contributed by atoms with Gasteiger partial charge in [-0.1, -0.05) is 0 Å². The molecule has 4 aliphatic carbocycles. The molecule has 6 heteroatoms. The molecule has 2 atom stereocenters. The van der Waals surface area contributed by atoms with Gasteiger partial charge in [0, 0.05) is 0 Å². The minimum absolute atomic E-state index is 0.0921. The van der Waals surface area contributed by atoms with Crippen LogP contribution in [0.2, 0.25) is 52.4 Å². The Hall–Kier alpha value is -1.53. The molecule has 8 rings (SSSR count). The molecule has 0 amide bonds. The summed E-state index contributed by atoms with van der Waals surface area (Å²) in [6, 6.07) is 33.8. The molecule has 2 unspecified atom stereocenters. The topological polar surface area (TPSA) is 0 Å². The Morgan fingerprint density at radius 2 is 0.803 bits per heavy atom. The van der Waals surface area contributed by atoms with Crippen LogP contribution >= 0.6 is 17.0 Å². The monoisotopic (exact) mass is 1050 g/mol. The Morgan fingerprint density at radius 3 is 1.11 bits per heavy atom. The van der Waals surface area contributed by atoms with Crippen molar-refractivity contribution in [2.45, 2.75) is 189 Å². The van der Waals surface area contributed by atoms with Crippen LogP contribution in [0.25, 0.3) is 34.4 Å². The third-order valence-electron chi connectivity index (χ3n) is 17.5. The van der Waals surface area contributed by atoms with Gasteiger partial charge < -0.3 is 0 Å². The zero-order chi connectivity index (χ0) is 47.1. The molecule has 66 heavy (non-hydrogen) atoms. The molecule has 4 aliphatic rings. The number of fused-ring (bicyclic) bond motifs is 2. The summed E-state index contributed by atoms with van der Waals surface area (Å²) in [5.41, 5.74) is 14.7. The van der Waals surface area contributed by atoms with E-state index in [-0.39, 0.29) is 18.1 Å². The number of hydrogen-bond acceptors (Lipinski definition) is 0. The Balaban J connectivity index is 1.34. The van der Waals surface area contributed by atoms with Gasteiger partial charge in [-0.25, -0.2) is 0 Å². The molecule has 0 saturated heterocycles. The molecule has 0 radical (unpaired) electrons. The van der Waals surface area contributed by atoms with E-state index in [1.165, 1.54) is 158 Å². The first-order valence-corrected chi connectivity index (χ1v) is 50.0. The first-order chi connectivity index (χ1) is 31.2. The molecule has 0 nitrogen and oxygen atoms in total. The van der Waals surface area contributed by atoms with Gasteiger partial charge in [-0.2, -0.15) is 0 Å². The van der Waals surface area contributed by atoms with Crippen molar-refractivity contribution in [3.8, 4) is 22.3 Å². The van der Waals surface area contributed by atoms with Crippen molar-refractivity contribution >= 4 is 61.6 Å². The second kappa shape index (κ2) is 19.9. The van der Waals surface area contributed by atoms with Gasteiger partial charge in [0.15, 0.2) is 0 Å². The molecule has 0 aliphatic heterocycles. The molecule has 0 aromatic heterocycles. The van der Waals surface area contributed by atoms with Crippen molar-refractivity contribution in [3.63, 3.8) is 0 Å². The van der Waals surface area contributed by atoms with Gasteiger partial charge in [-0.15, -0.1) is 0 Å². The van der Waals surface area contributed by atoms with E-state index in [9.17, 15) is 17.0 Å². The first kappa shape index (κ1) is 50.8. The molecule has 2 fully saturated rings. The zero-order valence-corrected chi connectivity index (χ0v) is 50.1. The van der Waals surface area contributed by atoms with Crippen molar-refractivity contribution in [1.82, 2.24) is 0 Å². The summed E-state index contributed by atoms with van der Waals surface area (Å²) in [4.78, 5) is 0. The van der Waals surface area contributed by atoms with E-state index < -0.39 is 37.6 Å².